The van der Waals surface area contributed by atoms with Gasteiger partial charge in [0, 0.05) is 6.42 Å². The molecular weight excluding hydrogens is 362 g/mol. The molecule has 0 spiro atoms. The molecule has 1 saturated heterocycles. The van der Waals surface area contributed by atoms with Crippen LogP contribution in [0.5, 0.6) is 0 Å². The number of nitrogens with one attached hydrogen (secondary N) is 1. The summed E-state index contributed by atoms with van der Waals surface area (Å²) >= 11 is 0. The molecular formula is C15H19N5O7. The van der Waals surface area contributed by atoms with Gasteiger partial charge in [-0.3, -0.25) is 9.40 Å². The number of aliphatic hydroxyl groups is 5. The highest BCUT2D eigenvalue weighted by Gasteiger charge is 2.61. The maximum Gasteiger partial charge on any atom is 0.268 e. The molecule has 12 nitrogen and oxygen atoms in total. The van der Waals surface area contributed by atoms with Crippen molar-refractivity contribution in [2.75, 3.05) is 19.2 Å². The topological polar surface area (TPSA) is 175 Å². The van der Waals surface area contributed by atoms with Gasteiger partial charge in [-0.05, 0) is 12.8 Å². The summed E-state index contributed by atoms with van der Waals surface area (Å²) in [5, 5.41) is 48.9. The first-order valence-electron chi connectivity index (χ1n) is 7.89. The van der Waals surface area contributed by atoms with E-state index >= 15 is 0 Å². The van der Waals surface area contributed by atoms with E-state index in [0.717, 1.165) is 4.57 Å². The zero-order valence-corrected chi connectivity index (χ0v) is 14.5. The lowest BCUT2D eigenvalue weighted by Gasteiger charge is -2.30. The molecule has 6 N–H and O–H groups in total. The second-order valence-corrected chi connectivity index (χ2v) is 6.09. The maximum atomic E-state index is 10.1. The van der Waals surface area contributed by atoms with Gasteiger partial charge in [-0.1, -0.05) is 5.92 Å². The molecule has 2 aromatic rings. The highest BCUT2D eigenvalue weighted by Crippen LogP contribution is 2.39. The van der Waals surface area contributed by atoms with Gasteiger partial charge < -0.3 is 30.3 Å². The van der Waals surface area contributed by atoms with E-state index in [1.807, 2.05) is 0 Å². The molecule has 0 amide bonds. The third kappa shape index (κ3) is 3.45. The van der Waals surface area contributed by atoms with E-state index in [1.54, 1.807) is 6.92 Å². The van der Waals surface area contributed by atoms with Crippen molar-refractivity contribution in [2.45, 2.75) is 37.3 Å². The largest absolute Gasteiger partial charge is 0.392 e. The summed E-state index contributed by atoms with van der Waals surface area (Å²) in [6.45, 7) is 0.848. The fraction of sp³-hybridized carbons (Fsp3) is 0.533. The number of hydrogen-bond acceptors (Lipinski definition) is 11. The molecule has 0 radical (unpaired) electrons. The molecule has 1 aliphatic rings. The fourth-order valence-corrected chi connectivity index (χ4v) is 2.48. The van der Waals surface area contributed by atoms with Gasteiger partial charge in [0.15, 0.2) is 23.2 Å². The SMILES string of the molecule is CONc1nc(C#CC[C@@H](C)O)nc2c1ncn2[C@@H]1OCC(O)(O)C1(O)O. The Hall–Kier alpha value is -2.37. The molecule has 2 atom stereocenters. The molecule has 27 heavy (non-hydrogen) atoms. The normalized spacial score (nSPS) is 21.7. The van der Waals surface area contributed by atoms with E-state index in [9.17, 15) is 25.5 Å². The minimum absolute atomic E-state index is 0.0446. The van der Waals surface area contributed by atoms with Gasteiger partial charge in [0.1, 0.15) is 6.61 Å². The lowest BCUT2D eigenvalue weighted by molar-refractivity contribution is -0.347. The molecule has 0 bridgehead atoms. The average molecular weight is 381 g/mol. The Morgan fingerprint density at radius 2 is 2.15 bits per heavy atom. The predicted octanol–water partition coefficient (Wildman–Crippen LogP) is -2.19. The highest BCUT2D eigenvalue weighted by molar-refractivity contribution is 5.83. The lowest BCUT2D eigenvalue weighted by atomic mass is 10.1. The first-order valence-corrected chi connectivity index (χ1v) is 7.89. The Morgan fingerprint density at radius 3 is 2.74 bits per heavy atom. The molecule has 12 heteroatoms. The van der Waals surface area contributed by atoms with Crippen LogP contribution in [0.15, 0.2) is 6.33 Å². The van der Waals surface area contributed by atoms with Crippen molar-refractivity contribution in [1.29, 1.82) is 0 Å². The second kappa shape index (κ2) is 6.98. The molecule has 146 valence electrons. The lowest BCUT2D eigenvalue weighted by Crippen LogP contribution is -2.55. The van der Waals surface area contributed by atoms with Gasteiger partial charge in [0.25, 0.3) is 5.79 Å². The third-order valence-electron chi connectivity index (χ3n) is 3.85. The molecule has 3 rings (SSSR count). The summed E-state index contributed by atoms with van der Waals surface area (Å²) in [6.07, 6.45) is -0.837. The Morgan fingerprint density at radius 1 is 1.41 bits per heavy atom. The predicted molar refractivity (Wildman–Crippen MR) is 88.5 cm³/mol. The smallest absolute Gasteiger partial charge is 0.268 e. The number of fused-ring (bicyclic) bond motifs is 1. The number of hydrogen-bond donors (Lipinski definition) is 6. The Bertz CT molecular complexity index is 899. The molecule has 1 fully saturated rings. The van der Waals surface area contributed by atoms with E-state index in [1.165, 1.54) is 13.4 Å². The minimum atomic E-state index is -3.02. The summed E-state index contributed by atoms with van der Waals surface area (Å²) in [7, 11) is 1.36. The van der Waals surface area contributed by atoms with E-state index in [-0.39, 0.29) is 29.2 Å². The van der Waals surface area contributed by atoms with Crippen LogP contribution in [-0.4, -0.2) is 76.4 Å². The van der Waals surface area contributed by atoms with Crippen molar-refractivity contribution in [1.82, 2.24) is 19.5 Å². The van der Waals surface area contributed by atoms with E-state index in [4.69, 9.17) is 9.57 Å². The second-order valence-electron chi connectivity index (χ2n) is 6.09. The van der Waals surface area contributed by atoms with E-state index in [2.05, 4.69) is 32.3 Å². The molecule has 0 aliphatic carbocycles. The zero-order chi connectivity index (χ0) is 19.8. The van der Waals surface area contributed by atoms with Gasteiger partial charge in [-0.15, -0.1) is 0 Å². The van der Waals surface area contributed by atoms with Gasteiger partial charge >= 0.3 is 0 Å². The van der Waals surface area contributed by atoms with Gasteiger partial charge in [0.05, 0.1) is 19.5 Å². The van der Waals surface area contributed by atoms with Crippen LogP contribution in [0.25, 0.3) is 11.2 Å². The minimum Gasteiger partial charge on any atom is -0.392 e. The van der Waals surface area contributed by atoms with Gasteiger partial charge in [-0.2, -0.15) is 4.98 Å². The summed E-state index contributed by atoms with van der Waals surface area (Å²) in [5.74, 6) is -0.306. The number of nitrogens with zero attached hydrogens (tertiary/aromatic N) is 4. The van der Waals surface area contributed by atoms with E-state index in [0.29, 0.717) is 0 Å². The number of anilines is 1. The van der Waals surface area contributed by atoms with Crippen molar-refractivity contribution in [2.24, 2.45) is 0 Å². The maximum absolute atomic E-state index is 10.1. The summed E-state index contributed by atoms with van der Waals surface area (Å²) in [5.41, 5.74) is 2.81. The summed E-state index contributed by atoms with van der Waals surface area (Å²) in [6, 6.07) is 0. The monoisotopic (exact) mass is 381 g/mol. The van der Waals surface area contributed by atoms with Crippen molar-refractivity contribution in [3.05, 3.63) is 12.2 Å². The van der Waals surface area contributed by atoms with Crippen molar-refractivity contribution >= 4 is 17.0 Å². The average Bonchev–Trinajstić information content (AvgIpc) is 3.07. The first kappa shape index (κ1) is 19.4. The number of rotatable bonds is 4. The molecule has 0 aromatic carbocycles. The summed E-state index contributed by atoms with van der Waals surface area (Å²) < 4.78 is 6.25. The number of aromatic nitrogens is 4. The van der Waals surface area contributed by atoms with Crippen LogP contribution in [0.1, 0.15) is 25.4 Å². The van der Waals surface area contributed by atoms with Gasteiger partial charge in [0.2, 0.25) is 11.6 Å². The molecule has 2 aromatic heterocycles. The molecule has 0 unspecified atom stereocenters. The number of ether oxygens (including phenoxy) is 1. The van der Waals surface area contributed by atoms with Crippen LogP contribution in [0.2, 0.25) is 0 Å². The molecule has 0 saturated carbocycles. The molecule has 3 heterocycles. The Kier molecular flexibility index (Phi) is 5.02. The Balaban J connectivity index is 2.10. The summed E-state index contributed by atoms with van der Waals surface area (Å²) in [4.78, 5) is 17.3. The van der Waals surface area contributed by atoms with Crippen LogP contribution in [-0.2, 0) is 9.57 Å². The zero-order valence-electron chi connectivity index (χ0n) is 14.5. The van der Waals surface area contributed by atoms with E-state index < -0.39 is 30.5 Å². The first-order chi connectivity index (χ1) is 12.7. The number of aliphatic hydroxyl groups excluding tert-OH is 1. The van der Waals surface area contributed by atoms with Crippen LogP contribution >= 0.6 is 0 Å². The van der Waals surface area contributed by atoms with Crippen molar-refractivity contribution < 1.29 is 35.1 Å². The fourth-order valence-electron chi connectivity index (χ4n) is 2.48. The van der Waals surface area contributed by atoms with Crippen LogP contribution in [0.3, 0.4) is 0 Å². The standard InChI is InChI=1S/C15H19N5O7/c1-8(21)4-3-5-9-17-11(19-26-2)10-12(18-9)20(7-16-10)13-15(24,25)14(22,23)6-27-13/h7-8,13,21-25H,4,6H2,1-2H3,(H,17,18,19)/t8-,13-/m1/s1. The number of imidazole rings is 1. The van der Waals surface area contributed by atoms with Crippen LogP contribution < -0.4 is 5.48 Å². The van der Waals surface area contributed by atoms with Crippen LogP contribution in [0, 0.1) is 11.8 Å². The van der Waals surface area contributed by atoms with Crippen molar-refractivity contribution in [3.8, 4) is 11.8 Å². The van der Waals surface area contributed by atoms with Crippen molar-refractivity contribution in [3.63, 3.8) is 0 Å². The van der Waals surface area contributed by atoms with Crippen LogP contribution in [0.4, 0.5) is 5.82 Å². The highest BCUT2D eigenvalue weighted by atomic mass is 16.7. The molecule has 1 aliphatic heterocycles. The van der Waals surface area contributed by atoms with Gasteiger partial charge in [-0.25, -0.2) is 15.4 Å². The Labute approximate surface area is 153 Å². The third-order valence-corrected chi connectivity index (χ3v) is 3.85. The quantitative estimate of drug-likeness (QED) is 0.193.